The number of aromatic nitrogens is 1. The molecule has 6 nitrogen and oxygen atoms in total. The molecule has 0 radical (unpaired) electrons. The highest BCUT2D eigenvalue weighted by Gasteiger charge is 2.29. The monoisotopic (exact) mass is 413 g/mol. The lowest BCUT2D eigenvalue weighted by Gasteiger charge is -2.06. The molecule has 140 valence electrons. The van der Waals surface area contributed by atoms with Gasteiger partial charge in [-0.15, -0.1) is 11.3 Å². The van der Waals surface area contributed by atoms with Crippen molar-refractivity contribution in [1.82, 2.24) is 4.98 Å². The lowest BCUT2D eigenvalue weighted by molar-refractivity contribution is -0.380. The fourth-order valence-corrected chi connectivity index (χ4v) is 3.71. The first kappa shape index (κ1) is 19.0. The van der Waals surface area contributed by atoms with Crippen molar-refractivity contribution in [2.24, 2.45) is 0 Å². The summed E-state index contributed by atoms with van der Waals surface area (Å²) in [6.45, 7) is 0. The molecule has 0 saturated heterocycles. The Labute approximate surface area is 158 Å². The number of rotatable bonds is 5. The number of alkyl halides is 3. The summed E-state index contributed by atoms with van der Waals surface area (Å²) >= 11 is 2.03. The van der Waals surface area contributed by atoms with E-state index in [4.69, 9.17) is 0 Å². The summed E-state index contributed by atoms with van der Waals surface area (Å²) in [5.41, 5.74) is 0.123. The molecule has 2 aromatic heterocycles. The van der Waals surface area contributed by atoms with Crippen molar-refractivity contribution >= 4 is 38.7 Å². The van der Waals surface area contributed by atoms with Crippen molar-refractivity contribution in [2.75, 3.05) is 5.32 Å². The minimum Gasteiger partial charge on any atom is -0.298 e. The van der Waals surface area contributed by atoms with Gasteiger partial charge in [-0.1, -0.05) is 23.5 Å². The maximum atomic E-state index is 12.6. The third kappa shape index (κ3) is 4.68. The van der Waals surface area contributed by atoms with Gasteiger partial charge in [0.2, 0.25) is 0 Å². The molecular weight excluding hydrogens is 403 g/mol. The quantitative estimate of drug-likeness (QED) is 0.472. The molecule has 1 N–H and O–H groups in total. The van der Waals surface area contributed by atoms with Crippen LogP contribution in [0.15, 0.2) is 41.9 Å². The van der Waals surface area contributed by atoms with Gasteiger partial charge in [0.1, 0.15) is 0 Å². The minimum absolute atomic E-state index is 0.137. The Hall–Kier alpha value is -2.79. The molecule has 0 unspecified atom stereocenters. The number of benzene rings is 1. The lowest BCUT2D eigenvalue weighted by Crippen LogP contribution is -2.10. The van der Waals surface area contributed by atoms with E-state index in [1.807, 2.05) is 0 Å². The third-order valence-electron chi connectivity index (χ3n) is 3.46. The molecule has 0 saturated carbocycles. The van der Waals surface area contributed by atoms with Crippen molar-refractivity contribution in [3.05, 3.63) is 73.6 Å². The summed E-state index contributed by atoms with van der Waals surface area (Å²) in [4.78, 5) is 27.0. The smallest absolute Gasteiger partial charge is 0.298 e. The molecule has 0 spiro atoms. The Bertz CT molecular complexity index is 981. The summed E-state index contributed by atoms with van der Waals surface area (Å²) in [5, 5.41) is 14.8. The van der Waals surface area contributed by atoms with E-state index in [1.54, 1.807) is 0 Å². The van der Waals surface area contributed by atoms with E-state index in [-0.39, 0.29) is 10.6 Å². The second-order valence-corrected chi connectivity index (χ2v) is 7.39. The predicted octanol–water partition coefficient (Wildman–Crippen LogP) is 4.97. The van der Waals surface area contributed by atoms with E-state index < -0.39 is 22.6 Å². The third-order valence-corrected chi connectivity index (χ3v) is 5.25. The largest absolute Gasteiger partial charge is 0.416 e. The Kier molecular flexibility index (Phi) is 5.24. The van der Waals surface area contributed by atoms with Gasteiger partial charge in [0.05, 0.1) is 16.1 Å². The number of hydrogen-bond donors (Lipinski definition) is 1. The van der Waals surface area contributed by atoms with Crippen molar-refractivity contribution in [3.63, 3.8) is 0 Å². The Morgan fingerprint density at radius 1 is 1.26 bits per heavy atom. The second-order valence-electron chi connectivity index (χ2n) is 5.39. The number of halogens is 3. The first-order valence-electron chi connectivity index (χ1n) is 7.37. The molecule has 0 aliphatic rings. The zero-order valence-corrected chi connectivity index (χ0v) is 15.0. The number of amides is 1. The van der Waals surface area contributed by atoms with Gasteiger partial charge in [0.15, 0.2) is 5.13 Å². The number of thiophene rings is 1. The number of anilines is 1. The van der Waals surface area contributed by atoms with E-state index in [1.165, 1.54) is 41.1 Å². The molecule has 0 aliphatic heterocycles. The Morgan fingerprint density at radius 2 is 1.96 bits per heavy atom. The maximum Gasteiger partial charge on any atom is 0.416 e. The number of nitro groups is 1. The summed E-state index contributed by atoms with van der Waals surface area (Å²) in [7, 11) is 0. The molecule has 27 heavy (non-hydrogen) atoms. The summed E-state index contributed by atoms with van der Waals surface area (Å²) in [6, 6.07) is 6.00. The number of nitrogens with one attached hydrogen (secondary N) is 1. The van der Waals surface area contributed by atoms with Gasteiger partial charge >= 0.3 is 11.2 Å². The van der Waals surface area contributed by atoms with Crippen LogP contribution in [0.5, 0.6) is 0 Å². The average molecular weight is 413 g/mol. The van der Waals surface area contributed by atoms with Gasteiger partial charge in [0.25, 0.3) is 5.91 Å². The van der Waals surface area contributed by atoms with Crippen LogP contribution in [0.4, 0.5) is 23.3 Å². The Balaban J connectivity index is 1.64. The van der Waals surface area contributed by atoms with Crippen molar-refractivity contribution in [3.8, 4) is 0 Å². The van der Waals surface area contributed by atoms with Crippen LogP contribution < -0.4 is 5.32 Å². The van der Waals surface area contributed by atoms with Gasteiger partial charge in [-0.05, 0) is 17.7 Å². The van der Waals surface area contributed by atoms with Crippen LogP contribution in [0.1, 0.15) is 26.4 Å². The first-order chi connectivity index (χ1) is 12.7. The molecule has 0 fully saturated rings. The van der Waals surface area contributed by atoms with Crippen LogP contribution >= 0.6 is 22.7 Å². The molecule has 1 aromatic carbocycles. The Morgan fingerprint density at radius 3 is 2.56 bits per heavy atom. The standard InChI is InChI=1S/C16H10F3N3O3S2/c17-16(18,19)11-3-1-9(2-4-11)5-12-7-20-15(27-12)21-14(23)10-6-13(22(24)25)26-8-10/h1-4,6-8H,5H2,(H,20,21,23). The van der Waals surface area contributed by atoms with Gasteiger partial charge in [-0.25, -0.2) is 4.98 Å². The summed E-state index contributed by atoms with van der Waals surface area (Å²) in [5.74, 6) is -0.519. The SMILES string of the molecule is O=C(Nc1ncc(Cc2ccc(C(F)(F)F)cc2)s1)c1csc([N+](=O)[O-])c1. The van der Waals surface area contributed by atoms with Crippen LogP contribution in [0, 0.1) is 10.1 Å². The van der Waals surface area contributed by atoms with Gasteiger partial charge in [-0.3, -0.25) is 20.2 Å². The van der Waals surface area contributed by atoms with Crippen LogP contribution in [0.3, 0.4) is 0 Å². The molecule has 2 heterocycles. The zero-order chi connectivity index (χ0) is 19.6. The fraction of sp³-hybridized carbons (Fsp3) is 0.125. The molecule has 0 bridgehead atoms. The second kappa shape index (κ2) is 7.45. The fourth-order valence-electron chi connectivity index (χ4n) is 2.17. The van der Waals surface area contributed by atoms with E-state index in [9.17, 15) is 28.1 Å². The molecule has 1 amide bonds. The average Bonchev–Trinajstić information content (AvgIpc) is 3.24. The maximum absolute atomic E-state index is 12.6. The molecular formula is C16H10F3N3O3S2. The van der Waals surface area contributed by atoms with Gasteiger partial charge in [0, 0.05) is 28.9 Å². The highest BCUT2D eigenvalue weighted by molar-refractivity contribution is 7.15. The molecule has 3 rings (SSSR count). The first-order valence-corrected chi connectivity index (χ1v) is 9.07. The van der Waals surface area contributed by atoms with E-state index in [2.05, 4.69) is 10.3 Å². The van der Waals surface area contributed by atoms with Crippen molar-refractivity contribution in [1.29, 1.82) is 0 Å². The molecule has 11 heteroatoms. The van der Waals surface area contributed by atoms with Crippen molar-refractivity contribution in [2.45, 2.75) is 12.6 Å². The predicted molar refractivity (Wildman–Crippen MR) is 95.3 cm³/mol. The highest BCUT2D eigenvalue weighted by Crippen LogP contribution is 2.30. The number of carbonyl (C=O) groups is 1. The minimum atomic E-state index is -4.38. The summed E-state index contributed by atoms with van der Waals surface area (Å²) < 4.78 is 37.7. The molecule has 3 aromatic rings. The van der Waals surface area contributed by atoms with Gasteiger partial charge in [-0.2, -0.15) is 13.2 Å². The van der Waals surface area contributed by atoms with Crippen LogP contribution in [-0.4, -0.2) is 15.8 Å². The number of thiazole rings is 1. The normalized spacial score (nSPS) is 11.4. The van der Waals surface area contributed by atoms with Crippen molar-refractivity contribution < 1.29 is 22.9 Å². The molecule has 0 atom stereocenters. The van der Waals surface area contributed by atoms with Crippen LogP contribution in [0.2, 0.25) is 0 Å². The van der Waals surface area contributed by atoms with Crippen LogP contribution in [0.25, 0.3) is 0 Å². The number of nitrogens with zero attached hydrogens (tertiary/aromatic N) is 2. The number of carbonyl (C=O) groups excluding carboxylic acids is 1. The van der Waals surface area contributed by atoms with Crippen LogP contribution in [-0.2, 0) is 12.6 Å². The summed E-state index contributed by atoms with van der Waals surface area (Å²) in [6.07, 6.45) is -2.49. The van der Waals surface area contributed by atoms with E-state index in [0.29, 0.717) is 17.1 Å². The topological polar surface area (TPSA) is 85.1 Å². The van der Waals surface area contributed by atoms with E-state index in [0.717, 1.165) is 28.3 Å². The zero-order valence-electron chi connectivity index (χ0n) is 13.3. The highest BCUT2D eigenvalue weighted by atomic mass is 32.1. The number of hydrogen-bond acceptors (Lipinski definition) is 6. The van der Waals surface area contributed by atoms with Gasteiger partial charge < -0.3 is 0 Å². The molecule has 0 aliphatic carbocycles. The van der Waals surface area contributed by atoms with E-state index >= 15 is 0 Å². The lowest BCUT2D eigenvalue weighted by atomic mass is 10.1.